The first-order valence-electron chi connectivity index (χ1n) is 7.71. The molecule has 0 radical (unpaired) electrons. The Morgan fingerprint density at radius 2 is 1.88 bits per heavy atom. The highest BCUT2D eigenvalue weighted by atomic mass is 35.5. The molecule has 5 nitrogen and oxygen atoms in total. The number of hydrazone groups is 1. The number of hydrogen-bond donors (Lipinski definition) is 2. The number of halogens is 2. The van der Waals surface area contributed by atoms with Crippen molar-refractivity contribution in [2.75, 3.05) is 5.32 Å². The van der Waals surface area contributed by atoms with Crippen molar-refractivity contribution in [1.82, 2.24) is 15.2 Å². The number of aromatic nitrogens is 2. The van der Waals surface area contributed by atoms with Crippen LogP contribution in [0.4, 0.5) is 10.1 Å². The number of anilines is 1. The van der Waals surface area contributed by atoms with Crippen molar-refractivity contribution in [3.05, 3.63) is 76.8 Å². The van der Waals surface area contributed by atoms with Crippen molar-refractivity contribution >= 4 is 40.8 Å². The third-order valence-corrected chi connectivity index (χ3v) is 4.09. The molecule has 1 heterocycles. The quantitative estimate of drug-likeness (QED) is 0.398. The summed E-state index contributed by atoms with van der Waals surface area (Å²) in [5.74, 6) is -0.399. The lowest BCUT2D eigenvalue weighted by Gasteiger charge is -2.07. The van der Waals surface area contributed by atoms with Crippen LogP contribution >= 0.6 is 23.8 Å². The predicted molar refractivity (Wildman–Crippen MR) is 107 cm³/mol. The molecule has 0 aliphatic rings. The first kappa shape index (κ1) is 18.0. The summed E-state index contributed by atoms with van der Waals surface area (Å²) in [4.78, 5) is 0. The molecule has 0 spiro atoms. The Kier molecular flexibility index (Phi) is 5.60. The van der Waals surface area contributed by atoms with Crippen LogP contribution in [-0.2, 0) is 0 Å². The van der Waals surface area contributed by atoms with Gasteiger partial charge in [0, 0.05) is 0 Å². The number of thiocarbonyl (C=S) groups is 1. The van der Waals surface area contributed by atoms with Crippen LogP contribution in [0.25, 0.3) is 5.69 Å². The van der Waals surface area contributed by atoms with E-state index in [0.717, 1.165) is 11.4 Å². The van der Waals surface area contributed by atoms with Crippen LogP contribution in [-0.4, -0.2) is 21.1 Å². The average Bonchev–Trinajstić information content (AvgIpc) is 2.92. The lowest BCUT2D eigenvalue weighted by molar-refractivity contribution is 0.632. The van der Waals surface area contributed by atoms with Gasteiger partial charge in [-0.2, -0.15) is 10.2 Å². The molecule has 0 saturated heterocycles. The summed E-state index contributed by atoms with van der Waals surface area (Å²) >= 11 is 11.5. The van der Waals surface area contributed by atoms with Gasteiger partial charge in [0.25, 0.3) is 0 Å². The number of rotatable bonds is 4. The van der Waals surface area contributed by atoms with E-state index in [-0.39, 0.29) is 10.8 Å². The van der Waals surface area contributed by atoms with Crippen molar-refractivity contribution in [1.29, 1.82) is 0 Å². The maximum absolute atomic E-state index is 13.6. The normalized spacial score (nSPS) is 10.9. The van der Waals surface area contributed by atoms with Crippen LogP contribution in [0.2, 0.25) is 5.15 Å². The van der Waals surface area contributed by atoms with Gasteiger partial charge in [-0.05, 0) is 43.4 Å². The van der Waals surface area contributed by atoms with Crippen molar-refractivity contribution in [3.63, 3.8) is 0 Å². The van der Waals surface area contributed by atoms with E-state index >= 15 is 0 Å². The van der Waals surface area contributed by atoms with E-state index in [1.165, 1.54) is 12.3 Å². The van der Waals surface area contributed by atoms with E-state index in [9.17, 15) is 4.39 Å². The fourth-order valence-corrected chi connectivity index (χ4v) is 2.75. The summed E-state index contributed by atoms with van der Waals surface area (Å²) in [5.41, 5.74) is 5.14. The number of hydrogen-bond acceptors (Lipinski definition) is 3. The topological polar surface area (TPSA) is 54.2 Å². The highest BCUT2D eigenvalue weighted by Gasteiger charge is 2.13. The molecule has 0 amide bonds. The molecule has 2 N–H and O–H groups in total. The molecule has 0 bridgehead atoms. The summed E-state index contributed by atoms with van der Waals surface area (Å²) in [6, 6.07) is 15.8. The zero-order valence-electron chi connectivity index (χ0n) is 13.8. The second-order valence-electron chi connectivity index (χ2n) is 5.34. The Bertz CT molecular complexity index is 955. The number of nitrogens with zero attached hydrogens (tertiary/aromatic N) is 3. The average molecular weight is 388 g/mol. The Morgan fingerprint density at radius 3 is 2.62 bits per heavy atom. The monoisotopic (exact) mass is 387 g/mol. The standard InChI is InChI=1S/C18H15ClFN5S/c1-12-14(17(19)25(24-12)13-7-3-2-4-8-13)11-21-23-18(26)22-16-10-6-5-9-15(16)20/h2-11H,1H3,(H2,22,23,26)/b21-11-. The molecule has 132 valence electrons. The Labute approximate surface area is 160 Å². The van der Waals surface area contributed by atoms with Gasteiger partial charge in [-0.25, -0.2) is 9.07 Å². The van der Waals surface area contributed by atoms with Crippen molar-refractivity contribution < 1.29 is 4.39 Å². The van der Waals surface area contributed by atoms with Crippen LogP contribution in [0.3, 0.4) is 0 Å². The van der Waals surface area contributed by atoms with Gasteiger partial charge in [0.15, 0.2) is 5.11 Å². The van der Waals surface area contributed by atoms with Crippen LogP contribution in [0.5, 0.6) is 0 Å². The van der Waals surface area contributed by atoms with Gasteiger partial charge in [-0.15, -0.1) is 0 Å². The molecule has 8 heteroatoms. The molecule has 3 aromatic rings. The SMILES string of the molecule is Cc1nn(-c2ccccc2)c(Cl)c1/C=N\NC(=S)Nc1ccccc1F. The van der Waals surface area contributed by atoms with Gasteiger partial charge < -0.3 is 5.32 Å². The molecule has 0 aliphatic heterocycles. The summed E-state index contributed by atoms with van der Waals surface area (Å²) in [6.07, 6.45) is 1.53. The largest absolute Gasteiger partial charge is 0.329 e. The number of nitrogens with one attached hydrogen (secondary N) is 2. The molecule has 0 unspecified atom stereocenters. The maximum Gasteiger partial charge on any atom is 0.191 e. The molecule has 0 fully saturated rings. The summed E-state index contributed by atoms with van der Waals surface area (Å²) in [6.45, 7) is 1.84. The molecule has 0 saturated carbocycles. The fraction of sp³-hybridized carbons (Fsp3) is 0.0556. The Hall–Kier alpha value is -2.77. The van der Waals surface area contributed by atoms with Gasteiger partial charge >= 0.3 is 0 Å². The smallest absolute Gasteiger partial charge is 0.191 e. The molecule has 1 aromatic heterocycles. The van der Waals surface area contributed by atoms with E-state index in [1.54, 1.807) is 22.9 Å². The molecule has 0 atom stereocenters. The zero-order chi connectivity index (χ0) is 18.5. The molecule has 2 aromatic carbocycles. The summed E-state index contributed by atoms with van der Waals surface area (Å²) < 4.78 is 15.2. The minimum atomic E-state index is -0.399. The van der Waals surface area contributed by atoms with Crippen LogP contribution in [0, 0.1) is 12.7 Å². The highest BCUT2D eigenvalue weighted by molar-refractivity contribution is 7.80. The number of aryl methyl sites for hydroxylation is 1. The van der Waals surface area contributed by atoms with Gasteiger partial charge in [0.1, 0.15) is 11.0 Å². The molecular formula is C18H15ClFN5S. The minimum absolute atomic E-state index is 0.163. The molecule has 0 aliphatic carbocycles. The summed E-state index contributed by atoms with van der Waals surface area (Å²) in [5, 5.41) is 11.8. The second kappa shape index (κ2) is 8.07. The van der Waals surface area contributed by atoms with E-state index in [1.807, 2.05) is 37.3 Å². The molecule has 3 rings (SSSR count). The van der Waals surface area contributed by atoms with Gasteiger partial charge in [0.2, 0.25) is 0 Å². The van der Waals surface area contributed by atoms with Crippen LogP contribution < -0.4 is 10.7 Å². The first-order chi connectivity index (χ1) is 12.6. The van der Waals surface area contributed by atoms with Crippen LogP contribution in [0.15, 0.2) is 59.7 Å². The fourth-order valence-electron chi connectivity index (χ4n) is 2.27. The van der Waals surface area contributed by atoms with Crippen molar-refractivity contribution in [3.8, 4) is 5.69 Å². The van der Waals surface area contributed by atoms with Gasteiger partial charge in [0.05, 0.1) is 28.8 Å². The predicted octanol–water partition coefficient (Wildman–Crippen LogP) is 4.29. The van der Waals surface area contributed by atoms with Crippen LogP contribution in [0.1, 0.15) is 11.3 Å². The van der Waals surface area contributed by atoms with Gasteiger partial charge in [-0.1, -0.05) is 41.9 Å². The van der Waals surface area contributed by atoms with E-state index in [4.69, 9.17) is 23.8 Å². The number of para-hydroxylation sites is 2. The third-order valence-electron chi connectivity index (χ3n) is 3.53. The van der Waals surface area contributed by atoms with Gasteiger partial charge in [-0.3, -0.25) is 5.43 Å². The second-order valence-corrected chi connectivity index (χ2v) is 6.11. The lowest BCUT2D eigenvalue weighted by atomic mass is 10.3. The third kappa shape index (κ3) is 4.07. The van der Waals surface area contributed by atoms with E-state index in [2.05, 4.69) is 20.9 Å². The maximum atomic E-state index is 13.6. The highest BCUT2D eigenvalue weighted by Crippen LogP contribution is 2.21. The van der Waals surface area contributed by atoms with Crippen molar-refractivity contribution in [2.24, 2.45) is 5.10 Å². The number of benzene rings is 2. The molecule has 26 heavy (non-hydrogen) atoms. The molecular weight excluding hydrogens is 373 g/mol. The Balaban J connectivity index is 1.70. The summed E-state index contributed by atoms with van der Waals surface area (Å²) in [7, 11) is 0. The zero-order valence-corrected chi connectivity index (χ0v) is 15.4. The minimum Gasteiger partial charge on any atom is -0.329 e. The van der Waals surface area contributed by atoms with Crippen molar-refractivity contribution in [2.45, 2.75) is 6.92 Å². The lowest BCUT2D eigenvalue weighted by Crippen LogP contribution is -2.24. The Morgan fingerprint density at radius 1 is 1.19 bits per heavy atom. The van der Waals surface area contributed by atoms with E-state index < -0.39 is 5.82 Å². The first-order valence-corrected chi connectivity index (χ1v) is 8.50. The van der Waals surface area contributed by atoms with E-state index in [0.29, 0.717) is 10.7 Å².